The first-order valence-electron chi connectivity index (χ1n) is 4.15. The van der Waals surface area contributed by atoms with E-state index in [-0.39, 0.29) is 0 Å². The van der Waals surface area contributed by atoms with Crippen LogP contribution in [-0.2, 0) is 14.8 Å². The van der Waals surface area contributed by atoms with Crippen molar-refractivity contribution in [1.29, 1.82) is 5.41 Å². The van der Waals surface area contributed by atoms with Crippen molar-refractivity contribution in [2.75, 3.05) is 12.9 Å². The highest BCUT2D eigenvalue weighted by molar-refractivity contribution is 7.90. The Morgan fingerprint density at radius 2 is 2.00 bits per heavy atom. The molecule has 0 heterocycles. The molecule has 0 bridgehead atoms. The number of carbonyl (C=O) groups excluding carboxylic acids is 1. The Balaban J connectivity index is 5.09. The van der Waals surface area contributed by atoms with Crippen LogP contribution < -0.4 is 5.73 Å². The molecule has 15 heavy (non-hydrogen) atoms. The minimum Gasteiger partial charge on any atom is -0.452 e. The van der Waals surface area contributed by atoms with E-state index in [4.69, 9.17) is 11.1 Å². The van der Waals surface area contributed by atoms with Crippen molar-refractivity contribution < 1.29 is 17.9 Å². The van der Waals surface area contributed by atoms with E-state index in [1.165, 1.54) is 13.8 Å². The summed E-state index contributed by atoms with van der Waals surface area (Å²) in [6, 6.07) is -0.582. The van der Waals surface area contributed by atoms with E-state index in [0.717, 1.165) is 7.11 Å². The molecule has 1 amide bonds. The van der Waals surface area contributed by atoms with Crippen LogP contribution in [0.25, 0.3) is 0 Å². The maximum Gasteiger partial charge on any atom is 0.423 e. The van der Waals surface area contributed by atoms with Gasteiger partial charge in [0.1, 0.15) is 11.6 Å². The summed E-state index contributed by atoms with van der Waals surface area (Å²) in [6.07, 6.45) is -0.980. The van der Waals surface area contributed by atoms with E-state index in [0.29, 0.717) is 4.31 Å². The second-order valence-corrected chi connectivity index (χ2v) is 4.99. The van der Waals surface area contributed by atoms with Crippen LogP contribution in [-0.4, -0.2) is 43.6 Å². The fourth-order valence-electron chi connectivity index (χ4n) is 1.00. The number of methoxy groups -OCH3 is 1. The Morgan fingerprint density at radius 3 is 2.27 bits per heavy atom. The predicted molar refractivity (Wildman–Crippen MR) is 55.1 cm³/mol. The maximum atomic E-state index is 11.6. The van der Waals surface area contributed by atoms with Crippen molar-refractivity contribution in [3.63, 3.8) is 0 Å². The van der Waals surface area contributed by atoms with E-state index in [9.17, 15) is 13.2 Å². The van der Waals surface area contributed by atoms with Gasteiger partial charge in [0.2, 0.25) is 10.0 Å². The summed E-state index contributed by atoms with van der Waals surface area (Å²) >= 11 is 0. The van der Waals surface area contributed by atoms with Gasteiger partial charge >= 0.3 is 6.09 Å². The first-order valence-corrected chi connectivity index (χ1v) is 5.76. The van der Waals surface area contributed by atoms with Crippen LogP contribution in [0.2, 0.25) is 0 Å². The molecule has 0 atom stereocenters. The van der Waals surface area contributed by atoms with Crippen molar-refractivity contribution in [2.24, 2.45) is 5.73 Å². The number of hydrogen-bond donors (Lipinski definition) is 2. The number of sulfonamides is 1. The third-order valence-corrected chi connectivity index (χ3v) is 3.31. The van der Waals surface area contributed by atoms with Crippen LogP contribution in [0, 0.1) is 5.41 Å². The topological polar surface area (TPSA) is 114 Å². The summed E-state index contributed by atoms with van der Waals surface area (Å²) in [5.41, 5.74) is 4.98. The van der Waals surface area contributed by atoms with Crippen LogP contribution >= 0.6 is 0 Å². The van der Waals surface area contributed by atoms with Gasteiger partial charge in [-0.05, 0) is 13.8 Å². The van der Waals surface area contributed by atoms with Crippen LogP contribution in [0.15, 0.2) is 0 Å². The molecule has 0 fully saturated rings. The van der Waals surface area contributed by atoms with Gasteiger partial charge in [0.25, 0.3) is 0 Å². The highest BCUT2D eigenvalue weighted by Gasteiger charge is 2.31. The van der Waals surface area contributed by atoms with Crippen molar-refractivity contribution in [3.8, 4) is 0 Å². The first-order chi connectivity index (χ1) is 6.72. The van der Waals surface area contributed by atoms with Gasteiger partial charge in [-0.1, -0.05) is 0 Å². The van der Waals surface area contributed by atoms with Gasteiger partial charge in [0, 0.05) is 6.04 Å². The highest BCUT2D eigenvalue weighted by Crippen LogP contribution is 2.09. The van der Waals surface area contributed by atoms with Crippen molar-refractivity contribution >= 4 is 22.0 Å². The van der Waals surface area contributed by atoms with E-state index in [2.05, 4.69) is 4.74 Å². The fourth-order valence-corrected chi connectivity index (χ4v) is 2.48. The fraction of sp³-hybridized carbons (Fsp3) is 0.714. The summed E-state index contributed by atoms with van der Waals surface area (Å²) < 4.78 is 28.1. The van der Waals surface area contributed by atoms with Crippen molar-refractivity contribution in [3.05, 3.63) is 0 Å². The van der Waals surface area contributed by atoms with Gasteiger partial charge in [0.05, 0.1) is 7.11 Å². The minimum atomic E-state index is -3.92. The molecule has 0 spiro atoms. The van der Waals surface area contributed by atoms with Gasteiger partial charge in [-0.2, -0.15) is 0 Å². The molecule has 0 aromatic heterocycles. The lowest BCUT2D eigenvalue weighted by Gasteiger charge is -2.24. The van der Waals surface area contributed by atoms with Gasteiger partial charge in [-0.3, -0.25) is 5.41 Å². The van der Waals surface area contributed by atoms with E-state index >= 15 is 0 Å². The number of nitrogens with two attached hydrogens (primary N) is 1. The Hall–Kier alpha value is -1.31. The molecule has 0 saturated carbocycles. The van der Waals surface area contributed by atoms with Crippen LogP contribution in [0.1, 0.15) is 13.8 Å². The molecule has 8 heteroatoms. The van der Waals surface area contributed by atoms with Crippen molar-refractivity contribution in [2.45, 2.75) is 19.9 Å². The number of hydrogen-bond acceptors (Lipinski definition) is 5. The Kier molecular flexibility index (Phi) is 4.53. The zero-order chi connectivity index (χ0) is 12.2. The summed E-state index contributed by atoms with van der Waals surface area (Å²) in [6.45, 7) is 3.04. The number of amidine groups is 1. The monoisotopic (exact) mass is 237 g/mol. The Labute approximate surface area is 88.7 Å². The third kappa shape index (κ3) is 3.74. The number of carbonyl (C=O) groups is 1. The van der Waals surface area contributed by atoms with Gasteiger partial charge in [-0.25, -0.2) is 17.5 Å². The summed E-state index contributed by atoms with van der Waals surface area (Å²) in [4.78, 5) is 11.2. The molecule has 0 aliphatic heterocycles. The second kappa shape index (κ2) is 4.96. The standard InChI is InChI=1S/C7H15N3O4S/c1-5(2)10(7(11)14-3)15(12,13)4-6(8)9/h5H,4H2,1-3H3,(H3,8,9). The van der Waals surface area contributed by atoms with Crippen LogP contribution in [0.4, 0.5) is 4.79 Å². The molecule has 0 saturated heterocycles. The van der Waals surface area contributed by atoms with Crippen molar-refractivity contribution in [1.82, 2.24) is 4.31 Å². The highest BCUT2D eigenvalue weighted by atomic mass is 32.2. The molecular weight excluding hydrogens is 222 g/mol. The largest absolute Gasteiger partial charge is 0.452 e. The predicted octanol–water partition coefficient (Wildman–Crippen LogP) is -0.271. The Morgan fingerprint density at radius 1 is 1.53 bits per heavy atom. The van der Waals surface area contributed by atoms with Gasteiger partial charge in [0.15, 0.2) is 0 Å². The van der Waals surface area contributed by atoms with Gasteiger partial charge < -0.3 is 10.5 Å². The first kappa shape index (κ1) is 13.7. The lowest BCUT2D eigenvalue weighted by molar-refractivity contribution is 0.142. The molecule has 0 unspecified atom stereocenters. The third-order valence-electron chi connectivity index (χ3n) is 1.46. The zero-order valence-electron chi connectivity index (χ0n) is 8.85. The second-order valence-electron chi connectivity index (χ2n) is 3.14. The van der Waals surface area contributed by atoms with E-state index in [1.54, 1.807) is 0 Å². The number of nitrogens with zero attached hydrogens (tertiary/aromatic N) is 1. The lowest BCUT2D eigenvalue weighted by atomic mass is 10.4. The average Bonchev–Trinajstić information content (AvgIpc) is 1.99. The molecule has 0 aliphatic rings. The number of nitrogens with one attached hydrogen (secondary N) is 1. The molecular formula is C7H15N3O4S. The molecule has 0 aromatic rings. The SMILES string of the molecule is COC(=O)N(C(C)C)S(=O)(=O)CC(=N)N. The normalized spacial score (nSPS) is 11.2. The smallest absolute Gasteiger partial charge is 0.423 e. The molecule has 0 radical (unpaired) electrons. The minimum absolute atomic E-state index is 0.524. The number of rotatable bonds is 4. The zero-order valence-corrected chi connectivity index (χ0v) is 9.67. The molecule has 0 aliphatic carbocycles. The lowest BCUT2D eigenvalue weighted by Crippen LogP contribution is -2.45. The molecule has 0 rings (SSSR count). The van der Waals surface area contributed by atoms with Crippen LogP contribution in [0.5, 0.6) is 0 Å². The Bertz CT molecular complexity index is 349. The van der Waals surface area contributed by atoms with E-state index < -0.39 is 33.7 Å². The number of amides is 1. The van der Waals surface area contributed by atoms with Crippen LogP contribution in [0.3, 0.4) is 0 Å². The quantitative estimate of drug-likeness (QED) is 0.516. The summed E-state index contributed by atoms with van der Waals surface area (Å²) in [5, 5.41) is 6.90. The van der Waals surface area contributed by atoms with E-state index in [1.807, 2.05) is 0 Å². The summed E-state index contributed by atoms with van der Waals surface area (Å²) in [7, 11) is -2.84. The molecule has 7 nitrogen and oxygen atoms in total. The molecule has 88 valence electrons. The average molecular weight is 237 g/mol. The number of ether oxygens (including phenoxy) is 1. The molecule has 3 N–H and O–H groups in total. The molecule has 0 aromatic carbocycles. The summed E-state index contributed by atoms with van der Waals surface area (Å²) in [5.74, 6) is -1.22. The maximum absolute atomic E-state index is 11.6. The van der Waals surface area contributed by atoms with Gasteiger partial charge in [-0.15, -0.1) is 0 Å².